The van der Waals surface area contributed by atoms with Gasteiger partial charge in [-0.05, 0) is 25.0 Å². The highest BCUT2D eigenvalue weighted by molar-refractivity contribution is 6.01. The molecule has 0 atom stereocenters. The van der Waals surface area contributed by atoms with Gasteiger partial charge in [0.25, 0.3) is 0 Å². The van der Waals surface area contributed by atoms with Crippen LogP contribution in [0.4, 0.5) is 0 Å². The smallest absolute Gasteiger partial charge is 0.338 e. The van der Waals surface area contributed by atoms with Gasteiger partial charge in [0.2, 0.25) is 0 Å². The summed E-state index contributed by atoms with van der Waals surface area (Å²) in [7, 11) is 0. The summed E-state index contributed by atoms with van der Waals surface area (Å²) in [4.78, 5) is 25.7. The van der Waals surface area contributed by atoms with E-state index >= 15 is 0 Å². The number of benzene rings is 1. The van der Waals surface area contributed by atoms with Crippen molar-refractivity contribution in [2.75, 3.05) is 13.2 Å². The van der Waals surface area contributed by atoms with E-state index in [2.05, 4.69) is 20.4 Å². The third-order valence-electron chi connectivity index (χ3n) is 10.2. The largest absolute Gasteiger partial charge is 0.462 e. The molecule has 0 aliphatic carbocycles. The summed E-state index contributed by atoms with van der Waals surface area (Å²) in [5, 5.41) is 0. The van der Waals surface area contributed by atoms with Crippen molar-refractivity contribution in [3.8, 4) is 0 Å². The molecule has 0 fully saturated rings. The number of carbonyl (C=O) groups is 2. The number of unbranched alkanes of at least 4 members (excludes halogenated alkanes) is 30. The number of hydrogen-bond acceptors (Lipinski definition) is 4. The molecule has 4 nitrogen and oxygen atoms in total. The molecule has 0 radical (unpaired) electrons. The molecule has 0 heterocycles. The zero-order chi connectivity index (χ0) is 36.2. The minimum atomic E-state index is -0.395. The Labute approximate surface area is 310 Å². The SMILES string of the molecule is C=Cc1c(C(=O)OCCCCCCCCCCCCCCCCCC)cccc1C(=O)OCCCCCCCCCCCCCCCCCC. The first-order valence-corrected chi connectivity index (χ1v) is 21.7. The molecule has 0 N–H and O–H groups in total. The van der Waals surface area contributed by atoms with Crippen LogP contribution < -0.4 is 0 Å². The van der Waals surface area contributed by atoms with Gasteiger partial charge in [0.1, 0.15) is 0 Å². The molecule has 1 aromatic carbocycles. The lowest BCUT2D eigenvalue weighted by Gasteiger charge is -2.12. The first-order chi connectivity index (χ1) is 24.7. The molecule has 0 saturated carbocycles. The first-order valence-electron chi connectivity index (χ1n) is 21.7. The number of carbonyl (C=O) groups excluding carboxylic acids is 2. The summed E-state index contributed by atoms with van der Waals surface area (Å²) in [5.74, 6) is -0.790. The van der Waals surface area contributed by atoms with Gasteiger partial charge >= 0.3 is 11.9 Å². The van der Waals surface area contributed by atoms with Crippen molar-refractivity contribution in [2.24, 2.45) is 0 Å². The van der Waals surface area contributed by atoms with Gasteiger partial charge in [-0.2, -0.15) is 0 Å². The van der Waals surface area contributed by atoms with Gasteiger partial charge < -0.3 is 9.47 Å². The van der Waals surface area contributed by atoms with Crippen LogP contribution in [0.3, 0.4) is 0 Å². The Balaban J connectivity index is 2.08. The zero-order valence-corrected chi connectivity index (χ0v) is 33.2. The van der Waals surface area contributed by atoms with Crippen LogP contribution in [0.2, 0.25) is 0 Å². The summed E-state index contributed by atoms with van der Waals surface area (Å²) in [6, 6.07) is 5.14. The molecule has 0 saturated heterocycles. The lowest BCUT2D eigenvalue weighted by atomic mass is 10.0. The lowest BCUT2D eigenvalue weighted by molar-refractivity contribution is 0.0495. The maximum atomic E-state index is 12.9. The highest BCUT2D eigenvalue weighted by atomic mass is 16.5. The first kappa shape index (κ1) is 45.9. The normalized spacial score (nSPS) is 11.2. The molecular formula is C46H80O4. The van der Waals surface area contributed by atoms with Gasteiger partial charge in [-0.1, -0.05) is 225 Å². The van der Waals surface area contributed by atoms with Crippen molar-refractivity contribution in [1.82, 2.24) is 0 Å². The summed E-state index contributed by atoms with van der Waals surface area (Å²) in [5.41, 5.74) is 1.27. The summed E-state index contributed by atoms with van der Waals surface area (Å²) < 4.78 is 11.2. The number of hydrogen-bond donors (Lipinski definition) is 0. The van der Waals surface area contributed by atoms with Gasteiger partial charge in [-0.15, -0.1) is 0 Å². The van der Waals surface area contributed by atoms with Gasteiger partial charge in [0.15, 0.2) is 0 Å². The standard InChI is InChI=1S/C46H80O4/c1-4-7-9-11-13-15-17-19-21-23-25-27-29-31-33-35-40-49-45(47)43-38-37-39-44(42(43)6-3)46(48)50-41-36-34-32-30-28-26-24-22-20-18-16-14-12-10-8-5-2/h6,37-39H,3-5,7-36,40-41H2,1-2H3. The Morgan fingerprint density at radius 1 is 0.440 bits per heavy atom. The van der Waals surface area contributed by atoms with Crippen molar-refractivity contribution in [3.63, 3.8) is 0 Å². The molecule has 4 heteroatoms. The highest BCUT2D eigenvalue weighted by Crippen LogP contribution is 2.20. The average molecular weight is 697 g/mol. The molecule has 288 valence electrons. The minimum Gasteiger partial charge on any atom is -0.462 e. The summed E-state index contributed by atoms with van der Waals surface area (Å²) in [6.45, 7) is 9.23. The van der Waals surface area contributed by atoms with E-state index in [0.717, 1.165) is 25.7 Å². The molecule has 0 aromatic heterocycles. The predicted octanol–water partition coefficient (Wildman–Crippen LogP) is 15.2. The molecule has 50 heavy (non-hydrogen) atoms. The van der Waals surface area contributed by atoms with E-state index in [-0.39, 0.29) is 0 Å². The Bertz CT molecular complexity index is 870. The Morgan fingerprint density at radius 3 is 0.920 bits per heavy atom. The second kappa shape index (κ2) is 35.3. The summed E-state index contributed by atoms with van der Waals surface area (Å²) >= 11 is 0. The van der Waals surface area contributed by atoms with Crippen LogP contribution in [0.15, 0.2) is 24.8 Å². The highest BCUT2D eigenvalue weighted by Gasteiger charge is 2.19. The molecule has 1 rings (SSSR count). The quantitative estimate of drug-likeness (QED) is 0.0513. The minimum absolute atomic E-state index is 0.383. The fourth-order valence-electron chi connectivity index (χ4n) is 6.93. The topological polar surface area (TPSA) is 52.6 Å². The lowest BCUT2D eigenvalue weighted by Crippen LogP contribution is -2.13. The van der Waals surface area contributed by atoms with Crippen LogP contribution >= 0.6 is 0 Å². The van der Waals surface area contributed by atoms with Gasteiger partial charge in [0.05, 0.1) is 24.3 Å². The molecule has 1 aromatic rings. The van der Waals surface area contributed by atoms with Crippen LogP contribution in [0.5, 0.6) is 0 Å². The van der Waals surface area contributed by atoms with E-state index in [1.165, 1.54) is 180 Å². The van der Waals surface area contributed by atoms with E-state index in [4.69, 9.17) is 9.47 Å². The maximum absolute atomic E-state index is 12.9. The van der Waals surface area contributed by atoms with Crippen molar-refractivity contribution >= 4 is 18.0 Å². The number of esters is 2. The van der Waals surface area contributed by atoms with Gasteiger partial charge in [-0.3, -0.25) is 0 Å². The van der Waals surface area contributed by atoms with Gasteiger partial charge in [-0.25, -0.2) is 9.59 Å². The average Bonchev–Trinajstić information content (AvgIpc) is 3.13. The molecule has 0 aliphatic rings. The van der Waals surface area contributed by atoms with Crippen molar-refractivity contribution in [2.45, 2.75) is 219 Å². The molecule has 0 unspecified atom stereocenters. The molecule has 0 spiro atoms. The van der Waals surface area contributed by atoms with Crippen LogP contribution in [0.25, 0.3) is 6.08 Å². The fraction of sp³-hybridized carbons (Fsp3) is 0.783. The third-order valence-corrected chi connectivity index (χ3v) is 10.2. The molecular weight excluding hydrogens is 617 g/mol. The third kappa shape index (κ3) is 25.8. The Morgan fingerprint density at radius 2 is 0.680 bits per heavy atom. The number of ether oxygens (including phenoxy) is 2. The van der Waals surface area contributed by atoms with E-state index < -0.39 is 11.9 Å². The molecule has 0 aliphatic heterocycles. The Hall–Kier alpha value is -2.10. The maximum Gasteiger partial charge on any atom is 0.338 e. The van der Waals surface area contributed by atoms with Crippen LogP contribution in [0.1, 0.15) is 246 Å². The second-order valence-electron chi connectivity index (χ2n) is 14.8. The van der Waals surface area contributed by atoms with E-state index in [1.54, 1.807) is 24.3 Å². The van der Waals surface area contributed by atoms with Crippen molar-refractivity contribution in [3.05, 3.63) is 41.5 Å². The van der Waals surface area contributed by atoms with Crippen LogP contribution in [-0.2, 0) is 9.47 Å². The number of rotatable bonds is 37. The molecule has 0 bridgehead atoms. The summed E-state index contributed by atoms with van der Waals surface area (Å²) in [6.07, 6.45) is 43.6. The monoisotopic (exact) mass is 697 g/mol. The van der Waals surface area contributed by atoms with E-state index in [9.17, 15) is 9.59 Å². The zero-order valence-electron chi connectivity index (χ0n) is 33.2. The Kier molecular flexibility index (Phi) is 32.4. The van der Waals surface area contributed by atoms with Gasteiger partial charge in [0, 0.05) is 5.56 Å². The van der Waals surface area contributed by atoms with Crippen molar-refractivity contribution in [1.29, 1.82) is 0 Å². The van der Waals surface area contributed by atoms with E-state index in [1.807, 2.05) is 0 Å². The van der Waals surface area contributed by atoms with Crippen molar-refractivity contribution < 1.29 is 19.1 Å². The van der Waals surface area contributed by atoms with E-state index in [0.29, 0.717) is 29.9 Å². The fourth-order valence-corrected chi connectivity index (χ4v) is 6.93. The molecule has 0 amide bonds. The van der Waals surface area contributed by atoms with Crippen LogP contribution in [-0.4, -0.2) is 25.2 Å². The van der Waals surface area contributed by atoms with Crippen LogP contribution in [0, 0.1) is 0 Å². The predicted molar refractivity (Wildman–Crippen MR) is 216 cm³/mol. The second-order valence-corrected chi connectivity index (χ2v) is 14.8.